The average molecular weight is 431 g/mol. The lowest BCUT2D eigenvalue weighted by Crippen LogP contribution is -2.29. The summed E-state index contributed by atoms with van der Waals surface area (Å²) in [5.74, 6) is -0.327. The lowest BCUT2D eigenvalue weighted by Gasteiger charge is -2.12. The van der Waals surface area contributed by atoms with Crippen LogP contribution in [0.2, 0.25) is 5.15 Å². The molecule has 0 radical (unpaired) electrons. The number of rotatable bonds is 3. The number of hydrogen-bond donors (Lipinski definition) is 4. The summed E-state index contributed by atoms with van der Waals surface area (Å²) in [5, 5.41) is 12.7. The molecule has 0 spiro atoms. The SMILES string of the molecule is CSC(=N)NC(=O)c1nc(Cl)c(NC(C)C)nc1N.I. The van der Waals surface area contributed by atoms with Crippen LogP contribution in [0.15, 0.2) is 0 Å². The number of carbonyl (C=O) groups is 1. The van der Waals surface area contributed by atoms with Gasteiger partial charge in [0.2, 0.25) is 0 Å². The van der Waals surface area contributed by atoms with Gasteiger partial charge in [-0.1, -0.05) is 23.4 Å². The van der Waals surface area contributed by atoms with E-state index in [-0.39, 0.29) is 51.9 Å². The third-order valence-corrected chi connectivity index (χ3v) is 2.73. The van der Waals surface area contributed by atoms with Gasteiger partial charge in [0.15, 0.2) is 27.7 Å². The van der Waals surface area contributed by atoms with E-state index in [4.69, 9.17) is 22.7 Å². The van der Waals surface area contributed by atoms with Crippen molar-refractivity contribution in [2.45, 2.75) is 19.9 Å². The summed E-state index contributed by atoms with van der Waals surface area (Å²) in [6.07, 6.45) is 1.67. The molecule has 10 heteroatoms. The molecule has 1 amide bonds. The predicted molar refractivity (Wildman–Crippen MR) is 94.3 cm³/mol. The molecule has 0 aliphatic rings. The highest BCUT2D eigenvalue weighted by Gasteiger charge is 2.18. The minimum absolute atomic E-state index is 0. The Kier molecular flexibility index (Phi) is 8.13. The van der Waals surface area contributed by atoms with Crippen molar-refractivity contribution in [1.29, 1.82) is 5.41 Å². The maximum absolute atomic E-state index is 11.8. The van der Waals surface area contributed by atoms with Crippen molar-refractivity contribution in [2.24, 2.45) is 0 Å². The maximum atomic E-state index is 11.8. The molecular weight excluding hydrogens is 415 g/mol. The molecule has 0 aliphatic heterocycles. The highest BCUT2D eigenvalue weighted by Crippen LogP contribution is 2.21. The number of halogens is 2. The fourth-order valence-electron chi connectivity index (χ4n) is 1.17. The van der Waals surface area contributed by atoms with E-state index in [9.17, 15) is 4.79 Å². The second kappa shape index (κ2) is 8.47. The summed E-state index contributed by atoms with van der Waals surface area (Å²) in [7, 11) is 0. The van der Waals surface area contributed by atoms with Gasteiger partial charge in [0.1, 0.15) is 0 Å². The smallest absolute Gasteiger partial charge is 0.279 e. The molecule has 0 aliphatic carbocycles. The van der Waals surface area contributed by atoms with Gasteiger partial charge in [-0.3, -0.25) is 10.2 Å². The van der Waals surface area contributed by atoms with Crippen LogP contribution in [0.5, 0.6) is 0 Å². The largest absolute Gasteiger partial charge is 0.382 e. The number of amidine groups is 1. The van der Waals surface area contributed by atoms with Crippen LogP contribution in [-0.2, 0) is 0 Å². The molecule has 0 aromatic carbocycles. The molecular formula is C10H16ClIN6OS. The van der Waals surface area contributed by atoms with E-state index in [1.54, 1.807) is 6.26 Å². The quantitative estimate of drug-likeness (QED) is 0.332. The van der Waals surface area contributed by atoms with Crippen LogP contribution in [0, 0.1) is 5.41 Å². The molecule has 20 heavy (non-hydrogen) atoms. The van der Waals surface area contributed by atoms with E-state index in [0.29, 0.717) is 5.82 Å². The first kappa shape index (κ1) is 19.2. The number of hydrogen-bond acceptors (Lipinski definition) is 7. The van der Waals surface area contributed by atoms with Crippen LogP contribution in [0.3, 0.4) is 0 Å². The summed E-state index contributed by atoms with van der Waals surface area (Å²) in [4.78, 5) is 19.7. The van der Waals surface area contributed by atoms with Gasteiger partial charge >= 0.3 is 0 Å². The monoisotopic (exact) mass is 430 g/mol. The van der Waals surface area contributed by atoms with Crippen LogP contribution < -0.4 is 16.4 Å². The van der Waals surface area contributed by atoms with Crippen molar-refractivity contribution < 1.29 is 4.79 Å². The Bertz CT molecular complexity index is 513. The van der Waals surface area contributed by atoms with Crippen LogP contribution in [0.1, 0.15) is 24.3 Å². The Balaban J connectivity index is 0.00000361. The number of nitrogens with zero attached hydrogens (tertiary/aromatic N) is 2. The van der Waals surface area contributed by atoms with Gasteiger partial charge in [0.25, 0.3) is 5.91 Å². The predicted octanol–water partition coefficient (Wildman–Crippen LogP) is 2.18. The van der Waals surface area contributed by atoms with Gasteiger partial charge in [-0.15, -0.1) is 24.0 Å². The topological polar surface area (TPSA) is 117 Å². The first-order valence-electron chi connectivity index (χ1n) is 5.38. The number of carbonyl (C=O) groups excluding carboxylic acids is 1. The third-order valence-electron chi connectivity index (χ3n) is 1.95. The number of thioether (sulfide) groups is 1. The van der Waals surface area contributed by atoms with E-state index in [0.717, 1.165) is 11.8 Å². The zero-order valence-electron chi connectivity index (χ0n) is 11.2. The highest BCUT2D eigenvalue weighted by molar-refractivity contribution is 14.0. The molecule has 7 nitrogen and oxygen atoms in total. The van der Waals surface area contributed by atoms with E-state index in [1.165, 1.54) is 0 Å². The van der Waals surface area contributed by atoms with Gasteiger partial charge < -0.3 is 16.4 Å². The fraction of sp³-hybridized carbons (Fsp3) is 0.400. The number of anilines is 2. The van der Waals surface area contributed by atoms with Crippen molar-refractivity contribution >= 4 is 70.1 Å². The summed E-state index contributed by atoms with van der Waals surface area (Å²) >= 11 is 7.02. The van der Waals surface area contributed by atoms with Crippen molar-refractivity contribution in [3.05, 3.63) is 10.8 Å². The van der Waals surface area contributed by atoms with Crippen molar-refractivity contribution in [3.8, 4) is 0 Å². The lowest BCUT2D eigenvalue weighted by atomic mass is 10.3. The lowest BCUT2D eigenvalue weighted by molar-refractivity contribution is 0.0973. The van der Waals surface area contributed by atoms with Gasteiger partial charge in [0.05, 0.1) is 0 Å². The number of nitrogens with two attached hydrogens (primary N) is 1. The fourth-order valence-corrected chi connectivity index (χ4v) is 1.55. The summed E-state index contributed by atoms with van der Waals surface area (Å²) < 4.78 is 0. The second-order valence-electron chi connectivity index (χ2n) is 3.88. The molecule has 0 atom stereocenters. The zero-order valence-corrected chi connectivity index (χ0v) is 15.1. The van der Waals surface area contributed by atoms with Gasteiger partial charge in [-0.25, -0.2) is 9.97 Å². The van der Waals surface area contributed by atoms with Crippen LogP contribution in [0.4, 0.5) is 11.6 Å². The van der Waals surface area contributed by atoms with E-state index in [1.807, 2.05) is 13.8 Å². The normalized spacial score (nSPS) is 9.85. The standard InChI is InChI=1S/C10H15ClN6OS.HI/c1-4(2)14-8-6(11)15-5(7(12)16-8)9(18)17-10(13)19-3;/h4H,1-3H3,(H3,12,14,16)(H2,13,17,18);1H. The summed E-state index contributed by atoms with van der Waals surface area (Å²) in [5.41, 5.74) is 5.57. The third kappa shape index (κ3) is 5.29. The Hall–Kier alpha value is -0.810. The molecule has 0 fully saturated rings. The molecule has 1 aromatic rings. The zero-order chi connectivity index (χ0) is 14.6. The molecule has 1 aromatic heterocycles. The Labute approximate surface area is 143 Å². The molecule has 1 heterocycles. The molecule has 0 saturated carbocycles. The van der Waals surface area contributed by atoms with Gasteiger partial charge in [-0.05, 0) is 20.1 Å². The Morgan fingerprint density at radius 1 is 1.45 bits per heavy atom. The average Bonchev–Trinajstić information content (AvgIpc) is 2.32. The van der Waals surface area contributed by atoms with E-state index >= 15 is 0 Å². The maximum Gasteiger partial charge on any atom is 0.279 e. The molecule has 5 N–H and O–H groups in total. The first-order valence-corrected chi connectivity index (χ1v) is 6.98. The highest BCUT2D eigenvalue weighted by atomic mass is 127. The van der Waals surface area contributed by atoms with Crippen LogP contribution in [-0.4, -0.2) is 33.3 Å². The molecule has 0 saturated heterocycles. The van der Waals surface area contributed by atoms with Crippen LogP contribution in [0.25, 0.3) is 0 Å². The van der Waals surface area contributed by atoms with Gasteiger partial charge in [0, 0.05) is 6.04 Å². The molecule has 112 valence electrons. The number of nitrogens with one attached hydrogen (secondary N) is 3. The minimum Gasteiger partial charge on any atom is -0.382 e. The minimum atomic E-state index is -0.609. The van der Waals surface area contributed by atoms with Crippen molar-refractivity contribution in [3.63, 3.8) is 0 Å². The van der Waals surface area contributed by atoms with Crippen molar-refractivity contribution in [2.75, 3.05) is 17.3 Å². The first-order chi connectivity index (χ1) is 8.85. The molecule has 0 unspecified atom stereocenters. The van der Waals surface area contributed by atoms with Crippen molar-refractivity contribution in [1.82, 2.24) is 15.3 Å². The molecule has 1 rings (SSSR count). The summed E-state index contributed by atoms with van der Waals surface area (Å²) in [6, 6.07) is 0.107. The Morgan fingerprint density at radius 3 is 2.55 bits per heavy atom. The summed E-state index contributed by atoms with van der Waals surface area (Å²) in [6.45, 7) is 3.82. The van der Waals surface area contributed by atoms with Gasteiger partial charge in [-0.2, -0.15) is 0 Å². The van der Waals surface area contributed by atoms with E-state index < -0.39 is 5.91 Å². The Morgan fingerprint density at radius 2 is 2.05 bits per heavy atom. The van der Waals surface area contributed by atoms with Crippen LogP contribution >= 0.6 is 47.3 Å². The number of nitrogen functional groups attached to an aromatic ring is 1. The number of amides is 1. The molecule has 0 bridgehead atoms. The van der Waals surface area contributed by atoms with E-state index in [2.05, 4.69) is 20.6 Å². The second-order valence-corrected chi connectivity index (χ2v) is 5.06. The number of aromatic nitrogens is 2.